The fourth-order valence-electron chi connectivity index (χ4n) is 4.03. The van der Waals surface area contributed by atoms with Gasteiger partial charge in [-0.1, -0.05) is 24.6 Å². The Morgan fingerprint density at radius 2 is 1.97 bits per heavy atom. The number of halogens is 1. The molecule has 9 nitrogen and oxygen atoms in total. The van der Waals surface area contributed by atoms with E-state index in [-0.39, 0.29) is 6.01 Å². The molecule has 176 valence electrons. The average molecular weight is 479 g/mol. The fourth-order valence-corrected chi connectivity index (χ4v) is 4.29. The first kappa shape index (κ1) is 22.2. The van der Waals surface area contributed by atoms with Gasteiger partial charge in [0.05, 0.1) is 10.7 Å². The Labute approximate surface area is 202 Å². The van der Waals surface area contributed by atoms with Crippen molar-refractivity contribution in [1.29, 1.82) is 0 Å². The van der Waals surface area contributed by atoms with Crippen LogP contribution in [0.2, 0.25) is 5.02 Å². The predicted molar refractivity (Wildman–Crippen MR) is 136 cm³/mol. The Hall–Kier alpha value is -3.56. The fraction of sp³-hybridized carbons (Fsp3) is 0.292. The van der Waals surface area contributed by atoms with E-state index < -0.39 is 0 Å². The zero-order valence-electron chi connectivity index (χ0n) is 19.2. The Balaban J connectivity index is 1.46. The number of rotatable bonds is 7. The summed E-state index contributed by atoms with van der Waals surface area (Å²) in [5.74, 6) is 2.55. The minimum atomic E-state index is 0.221. The lowest BCUT2D eigenvalue weighted by molar-refractivity contribution is 0.270. The maximum Gasteiger partial charge on any atom is 0.325 e. The highest BCUT2D eigenvalue weighted by Gasteiger charge is 2.20. The van der Waals surface area contributed by atoms with E-state index in [0.717, 1.165) is 55.1 Å². The van der Waals surface area contributed by atoms with E-state index in [9.17, 15) is 0 Å². The standard InChI is InChI=1S/C24H27ClN8O/c1-3-5-16-14-21(31-30-16)27-20-15-22(33-12-10-32(4-2)11-13-33)29-24(28-20)34-19-7-6-18-17(23(19)25)8-9-26-18/h3,5-9,14-15,26H,4,10-13H2,1-2H3,(H2,27,28,29,30,31)/b5-3+. The Bertz CT molecular complexity index is 1310. The summed E-state index contributed by atoms with van der Waals surface area (Å²) in [6, 6.07) is 9.73. The SMILES string of the molecule is C/C=C/c1cc(Nc2cc(N3CCN(CC)CC3)nc(Oc3ccc4[nH]ccc4c3Cl)n2)n[nH]1. The number of anilines is 3. The van der Waals surface area contributed by atoms with Crippen LogP contribution in [-0.4, -0.2) is 62.8 Å². The van der Waals surface area contributed by atoms with Crippen molar-refractivity contribution in [2.45, 2.75) is 13.8 Å². The summed E-state index contributed by atoms with van der Waals surface area (Å²) in [4.78, 5) is 17.1. The van der Waals surface area contributed by atoms with E-state index in [4.69, 9.17) is 21.3 Å². The number of benzene rings is 1. The van der Waals surface area contributed by atoms with Gasteiger partial charge in [0, 0.05) is 55.4 Å². The van der Waals surface area contributed by atoms with Crippen LogP contribution < -0.4 is 15.0 Å². The Kier molecular flexibility index (Phi) is 6.37. The molecule has 3 N–H and O–H groups in total. The molecule has 0 atom stereocenters. The van der Waals surface area contributed by atoms with E-state index in [2.05, 4.69) is 42.2 Å². The molecule has 3 aromatic heterocycles. The molecule has 5 rings (SSSR count). The molecule has 1 aliphatic heterocycles. The second-order valence-corrected chi connectivity index (χ2v) is 8.45. The topological polar surface area (TPSA) is 98.0 Å². The van der Waals surface area contributed by atoms with E-state index in [0.29, 0.717) is 22.4 Å². The second kappa shape index (κ2) is 9.74. The number of allylic oxidation sites excluding steroid dienone is 1. The van der Waals surface area contributed by atoms with Crippen molar-refractivity contribution >= 4 is 46.0 Å². The lowest BCUT2D eigenvalue weighted by atomic mass is 10.2. The Morgan fingerprint density at radius 3 is 2.76 bits per heavy atom. The third-order valence-electron chi connectivity index (χ3n) is 5.87. The van der Waals surface area contributed by atoms with Gasteiger partial charge in [0.2, 0.25) is 0 Å². The zero-order chi connectivity index (χ0) is 23.5. The highest BCUT2D eigenvalue weighted by molar-refractivity contribution is 6.36. The summed E-state index contributed by atoms with van der Waals surface area (Å²) in [7, 11) is 0. The molecule has 4 aromatic rings. The van der Waals surface area contributed by atoms with Gasteiger partial charge in [-0.15, -0.1) is 0 Å². The minimum Gasteiger partial charge on any atom is -0.423 e. The molecule has 0 radical (unpaired) electrons. The van der Waals surface area contributed by atoms with Crippen LogP contribution in [-0.2, 0) is 0 Å². The van der Waals surface area contributed by atoms with Crippen molar-refractivity contribution in [3.63, 3.8) is 0 Å². The number of fused-ring (bicyclic) bond motifs is 1. The van der Waals surface area contributed by atoms with Crippen molar-refractivity contribution in [2.24, 2.45) is 0 Å². The molecule has 1 aromatic carbocycles. The summed E-state index contributed by atoms with van der Waals surface area (Å²) in [6.45, 7) is 8.94. The van der Waals surface area contributed by atoms with Crippen molar-refractivity contribution in [3.05, 3.63) is 53.3 Å². The number of hydrogen-bond donors (Lipinski definition) is 3. The van der Waals surface area contributed by atoms with Gasteiger partial charge < -0.3 is 24.8 Å². The lowest BCUT2D eigenvalue weighted by Crippen LogP contribution is -2.46. The van der Waals surface area contributed by atoms with Gasteiger partial charge in [-0.2, -0.15) is 15.1 Å². The van der Waals surface area contributed by atoms with Gasteiger partial charge in [-0.25, -0.2) is 0 Å². The molecule has 34 heavy (non-hydrogen) atoms. The van der Waals surface area contributed by atoms with Crippen LogP contribution in [0.25, 0.3) is 17.0 Å². The van der Waals surface area contributed by atoms with Gasteiger partial charge in [-0.05, 0) is 37.7 Å². The molecule has 0 bridgehead atoms. The monoisotopic (exact) mass is 478 g/mol. The molecule has 0 aliphatic carbocycles. The van der Waals surface area contributed by atoms with Crippen molar-refractivity contribution in [2.75, 3.05) is 42.9 Å². The highest BCUT2D eigenvalue weighted by atomic mass is 35.5. The van der Waals surface area contributed by atoms with Gasteiger partial charge in [-0.3, -0.25) is 5.10 Å². The third kappa shape index (κ3) is 4.71. The number of likely N-dealkylation sites (N-methyl/N-ethyl adjacent to an activating group) is 1. The van der Waals surface area contributed by atoms with Crippen molar-refractivity contribution in [1.82, 2.24) is 30.0 Å². The summed E-state index contributed by atoms with van der Waals surface area (Å²) >= 11 is 6.60. The summed E-state index contributed by atoms with van der Waals surface area (Å²) < 4.78 is 6.10. The molecular formula is C24H27ClN8O. The minimum absolute atomic E-state index is 0.221. The number of ether oxygens (including phenoxy) is 1. The van der Waals surface area contributed by atoms with Gasteiger partial charge in [0.1, 0.15) is 17.4 Å². The summed E-state index contributed by atoms with van der Waals surface area (Å²) in [5.41, 5.74) is 1.84. The number of H-pyrrole nitrogens is 2. The lowest BCUT2D eigenvalue weighted by Gasteiger charge is -2.34. The van der Waals surface area contributed by atoms with E-state index >= 15 is 0 Å². The number of aromatic nitrogens is 5. The smallest absolute Gasteiger partial charge is 0.325 e. The van der Waals surface area contributed by atoms with Gasteiger partial charge in [0.15, 0.2) is 5.82 Å². The predicted octanol–water partition coefficient (Wildman–Crippen LogP) is 5.05. The van der Waals surface area contributed by atoms with E-state index in [1.165, 1.54) is 0 Å². The highest BCUT2D eigenvalue weighted by Crippen LogP contribution is 2.35. The number of piperazine rings is 1. The number of nitrogens with one attached hydrogen (secondary N) is 3. The number of aromatic amines is 2. The van der Waals surface area contributed by atoms with Crippen LogP contribution in [0.4, 0.5) is 17.5 Å². The van der Waals surface area contributed by atoms with Crippen LogP contribution in [0.5, 0.6) is 11.8 Å². The maximum absolute atomic E-state index is 6.60. The molecule has 0 amide bonds. The molecular weight excluding hydrogens is 452 g/mol. The quantitative estimate of drug-likeness (QED) is 0.342. The van der Waals surface area contributed by atoms with Crippen molar-refractivity contribution < 1.29 is 4.74 Å². The zero-order valence-corrected chi connectivity index (χ0v) is 19.9. The van der Waals surface area contributed by atoms with Gasteiger partial charge >= 0.3 is 6.01 Å². The first-order chi connectivity index (χ1) is 16.6. The van der Waals surface area contributed by atoms with Crippen molar-refractivity contribution in [3.8, 4) is 11.8 Å². The van der Waals surface area contributed by atoms with Crippen LogP contribution in [0.1, 0.15) is 19.5 Å². The third-order valence-corrected chi connectivity index (χ3v) is 6.26. The maximum atomic E-state index is 6.60. The van der Waals surface area contributed by atoms with E-state index in [1.54, 1.807) is 0 Å². The van der Waals surface area contributed by atoms with Crippen LogP contribution in [0, 0.1) is 0 Å². The van der Waals surface area contributed by atoms with Crippen LogP contribution in [0.15, 0.2) is 42.6 Å². The molecule has 1 aliphatic rings. The summed E-state index contributed by atoms with van der Waals surface area (Å²) in [5, 5.41) is 12.0. The molecule has 1 saturated heterocycles. The van der Waals surface area contributed by atoms with E-state index in [1.807, 2.05) is 55.6 Å². The summed E-state index contributed by atoms with van der Waals surface area (Å²) in [6.07, 6.45) is 5.75. The largest absolute Gasteiger partial charge is 0.423 e. The molecule has 1 fully saturated rings. The molecule has 10 heteroatoms. The number of hydrogen-bond acceptors (Lipinski definition) is 7. The van der Waals surface area contributed by atoms with Crippen LogP contribution in [0.3, 0.4) is 0 Å². The second-order valence-electron chi connectivity index (χ2n) is 8.07. The normalized spacial score (nSPS) is 14.9. The molecule has 4 heterocycles. The molecule has 0 saturated carbocycles. The number of nitrogens with zero attached hydrogens (tertiary/aromatic N) is 5. The first-order valence-corrected chi connectivity index (χ1v) is 11.8. The van der Waals surface area contributed by atoms with Crippen LogP contribution >= 0.6 is 11.6 Å². The van der Waals surface area contributed by atoms with Gasteiger partial charge in [0.25, 0.3) is 0 Å². The molecule has 0 spiro atoms. The first-order valence-electron chi connectivity index (χ1n) is 11.4. The molecule has 0 unspecified atom stereocenters. The average Bonchev–Trinajstić information content (AvgIpc) is 3.51. The Morgan fingerprint density at radius 1 is 1.12 bits per heavy atom.